The van der Waals surface area contributed by atoms with Gasteiger partial charge in [-0.15, -0.1) is 11.3 Å². The monoisotopic (exact) mass is 1020 g/mol. The number of aromatic nitrogens is 3. The highest BCUT2D eigenvalue weighted by Crippen LogP contribution is 2.46. The molecule has 2 atom stereocenters. The van der Waals surface area contributed by atoms with Crippen molar-refractivity contribution < 1.29 is 38.9 Å². The Morgan fingerprint density at radius 2 is 1.78 bits per heavy atom. The lowest BCUT2D eigenvalue weighted by Crippen LogP contribution is -2.49. The van der Waals surface area contributed by atoms with Gasteiger partial charge >= 0.3 is 5.97 Å². The highest BCUT2D eigenvalue weighted by Gasteiger charge is 2.30. The number of nitrogens with one attached hydrogen (secondary N) is 4. The molecule has 8 rings (SSSR count). The zero-order valence-electron chi connectivity index (χ0n) is 42.5. The third-order valence-corrected chi connectivity index (χ3v) is 14.5. The van der Waals surface area contributed by atoms with Crippen LogP contribution in [0.25, 0.3) is 32.2 Å². The van der Waals surface area contributed by atoms with Gasteiger partial charge in [0.05, 0.1) is 22.1 Å². The summed E-state index contributed by atoms with van der Waals surface area (Å²) in [5.74, 6) is 0.992. The van der Waals surface area contributed by atoms with Gasteiger partial charge in [0.15, 0.2) is 23.2 Å². The Balaban J connectivity index is 0.000000264. The summed E-state index contributed by atoms with van der Waals surface area (Å²) in [4.78, 5) is 75.5. The van der Waals surface area contributed by atoms with Crippen molar-refractivity contribution in [3.8, 4) is 16.2 Å². The summed E-state index contributed by atoms with van der Waals surface area (Å²) >= 11 is 7.45. The molecule has 0 spiro atoms. The molecule has 2 saturated heterocycles. The zero-order valence-corrected chi connectivity index (χ0v) is 44.1. The summed E-state index contributed by atoms with van der Waals surface area (Å²) in [6, 6.07) is 19.7. The zero-order chi connectivity index (χ0) is 52.5. The Bertz CT molecular complexity index is 2790. The second-order valence-corrected chi connectivity index (χ2v) is 19.2. The maximum atomic E-state index is 12.7. The number of aromatic carboxylic acids is 1. The first-order valence-corrected chi connectivity index (χ1v) is 25.7. The van der Waals surface area contributed by atoms with E-state index in [-0.39, 0.29) is 40.1 Å². The minimum Gasteiger partial charge on any atom is -0.483 e. The van der Waals surface area contributed by atoms with E-state index in [1.54, 1.807) is 7.05 Å². The van der Waals surface area contributed by atoms with E-state index in [2.05, 4.69) is 74.8 Å². The number of aryl methyl sites for hydroxylation is 1. The summed E-state index contributed by atoms with van der Waals surface area (Å²) in [6.07, 6.45) is 9.59. The number of piperidine rings is 2. The number of aliphatic hydroxyl groups excluding tert-OH is 1. The van der Waals surface area contributed by atoms with Crippen LogP contribution >= 0.6 is 22.9 Å². The van der Waals surface area contributed by atoms with Crippen LogP contribution in [0.3, 0.4) is 0 Å². The molecular formula is C54H69ClN8O8S. The molecule has 0 bridgehead atoms. The van der Waals surface area contributed by atoms with E-state index in [1.165, 1.54) is 5.56 Å². The minimum atomic E-state index is -1.13. The number of aromatic amines is 1. The summed E-state index contributed by atoms with van der Waals surface area (Å²) < 4.78 is 5.26. The molecule has 0 radical (unpaired) electrons. The van der Waals surface area contributed by atoms with Crippen LogP contribution in [0, 0.1) is 0 Å². The molecule has 6 N–H and O–H groups in total. The van der Waals surface area contributed by atoms with Crippen LogP contribution in [0.4, 0.5) is 17.2 Å². The van der Waals surface area contributed by atoms with Crippen molar-refractivity contribution in [2.75, 3.05) is 62.6 Å². The molecule has 18 heteroatoms. The predicted molar refractivity (Wildman–Crippen MR) is 290 cm³/mol. The van der Waals surface area contributed by atoms with Crippen molar-refractivity contribution in [3.63, 3.8) is 0 Å². The number of thiophene rings is 1. The van der Waals surface area contributed by atoms with E-state index in [1.807, 2.05) is 74.5 Å². The number of aldehydes is 3. The molecule has 5 heterocycles. The Labute approximate surface area is 430 Å². The summed E-state index contributed by atoms with van der Waals surface area (Å²) in [5.41, 5.74) is 6.36. The van der Waals surface area contributed by atoms with Crippen molar-refractivity contribution in [1.29, 1.82) is 0 Å². The Kier molecular flexibility index (Phi) is 21.1. The van der Waals surface area contributed by atoms with E-state index in [4.69, 9.17) is 21.4 Å². The normalized spacial score (nSPS) is 15.6. The number of carbonyl (C=O) groups excluding carboxylic acids is 4. The number of ether oxygens (including phenoxy) is 1. The van der Waals surface area contributed by atoms with Crippen LogP contribution < -0.4 is 30.5 Å². The Morgan fingerprint density at radius 1 is 1.04 bits per heavy atom. The number of anilines is 3. The molecule has 16 nitrogen and oxygen atoms in total. The molecule has 2 unspecified atom stereocenters. The maximum Gasteiger partial charge on any atom is 0.349 e. The lowest BCUT2D eigenvalue weighted by Gasteiger charge is -2.37. The molecule has 0 aliphatic carbocycles. The summed E-state index contributed by atoms with van der Waals surface area (Å²) in [5, 5.41) is 28.3. The average Bonchev–Trinajstić information content (AvgIpc) is 3.99. The molecule has 6 aromatic rings. The quantitative estimate of drug-likeness (QED) is 0.0469. The molecule has 1 amide bonds. The number of carboxylic acids is 1. The third-order valence-electron chi connectivity index (χ3n) is 12.8. The fourth-order valence-electron chi connectivity index (χ4n) is 9.42. The number of fused-ring (bicyclic) bond motifs is 2. The van der Waals surface area contributed by atoms with Crippen molar-refractivity contribution in [1.82, 2.24) is 25.6 Å². The van der Waals surface area contributed by atoms with Crippen LogP contribution in [0.2, 0.25) is 5.02 Å². The van der Waals surface area contributed by atoms with Gasteiger partial charge < -0.3 is 50.5 Å². The van der Waals surface area contributed by atoms with Crippen molar-refractivity contribution in [3.05, 3.63) is 93.7 Å². The lowest BCUT2D eigenvalue weighted by molar-refractivity contribution is -0.122. The number of rotatable bonds is 17. The molecule has 386 valence electrons. The molecule has 3 aromatic carbocycles. The number of amides is 1. The lowest BCUT2D eigenvalue weighted by atomic mass is 9.85. The number of halogens is 1. The van der Waals surface area contributed by atoms with Gasteiger partial charge in [-0.3, -0.25) is 14.4 Å². The largest absolute Gasteiger partial charge is 0.483 e. The summed E-state index contributed by atoms with van der Waals surface area (Å²) in [7, 11) is 4.45. The van der Waals surface area contributed by atoms with Gasteiger partial charge in [0.25, 0.3) is 0 Å². The van der Waals surface area contributed by atoms with E-state index in [0.29, 0.717) is 35.1 Å². The number of H-pyrrole nitrogens is 1. The molecule has 0 saturated carbocycles. The number of carbonyl (C=O) groups is 5. The van der Waals surface area contributed by atoms with Crippen molar-refractivity contribution in [2.45, 2.75) is 103 Å². The molecular weight excluding hydrogens is 956 g/mol. The molecule has 2 aliphatic rings. The second-order valence-electron chi connectivity index (χ2n) is 17.8. The molecule has 72 heavy (non-hydrogen) atoms. The van der Waals surface area contributed by atoms with Crippen molar-refractivity contribution >= 4 is 92.7 Å². The van der Waals surface area contributed by atoms with Crippen LogP contribution in [-0.2, 0) is 20.8 Å². The van der Waals surface area contributed by atoms with Crippen molar-refractivity contribution in [2.24, 2.45) is 0 Å². The van der Waals surface area contributed by atoms with E-state index in [9.17, 15) is 29.1 Å². The number of likely N-dealkylation sites (N-methyl/N-ethyl adjacent to an activating group) is 2. The number of hydrogen-bond acceptors (Lipinski definition) is 14. The van der Waals surface area contributed by atoms with Crippen LogP contribution in [0.1, 0.15) is 110 Å². The fourth-order valence-corrected chi connectivity index (χ4v) is 10.8. The first-order valence-electron chi connectivity index (χ1n) is 24.5. The van der Waals surface area contributed by atoms with Gasteiger partial charge in [0, 0.05) is 87.1 Å². The fraction of sp³-hybridized carbons (Fsp3) is 0.426. The average molecular weight is 1030 g/mol. The molecule has 2 aliphatic heterocycles. The standard InChI is InChI=1S/C31H36N6O3.C20H23ClN2O4S.C2H6.CH4O/c1-4-28-33-18-25-24(34-28)17-29(35-25)37-14-12-20(13-15-37)22-10-11-26(30-21(19-39)7-5-8-23(22)30)36(3)27(9-6-16-38)31(40)32-2;1-20(2)11-14(6-7-22-20)23-13-5-3-4-12(10-13)17-15(21)16(27-9-8-24)18(28-17)19(25)26;2*1-2/h5,7-8,10-11,16-20,27,35H,4,6,9,12-15H2,1-3H3,(H,32,40);3-5,8,10,14,22-23H,6-7,9,11H2,1-2H3,(H,25,26);1-2H3;2H,1H3. The van der Waals surface area contributed by atoms with Crippen LogP contribution in [0.15, 0.2) is 66.9 Å². The van der Waals surface area contributed by atoms with Gasteiger partial charge in [0.2, 0.25) is 5.91 Å². The number of aliphatic hydroxyl groups is 1. The molecule has 3 aromatic heterocycles. The van der Waals surface area contributed by atoms with E-state index >= 15 is 0 Å². The van der Waals surface area contributed by atoms with Gasteiger partial charge in [-0.25, -0.2) is 14.8 Å². The highest BCUT2D eigenvalue weighted by atomic mass is 35.5. The maximum absolute atomic E-state index is 12.7. The Morgan fingerprint density at radius 3 is 2.43 bits per heavy atom. The van der Waals surface area contributed by atoms with E-state index < -0.39 is 12.0 Å². The molecule has 2 fully saturated rings. The first-order chi connectivity index (χ1) is 34.8. The highest BCUT2D eigenvalue weighted by molar-refractivity contribution is 7.18. The van der Waals surface area contributed by atoms with Gasteiger partial charge in [-0.2, -0.15) is 0 Å². The SMILES string of the molecule is CC.CC1(C)CC(Nc2cccc(-c3sc(C(=O)O)c(OCC=O)c3Cl)c2)CCN1.CCc1ncc2[nH]c(N3CCC(c4ccc(N(C)C(CCC=O)C(=O)NC)c5c(C=O)cccc45)CC3)cc2n1.CO. The summed E-state index contributed by atoms with van der Waals surface area (Å²) in [6.45, 7) is 12.9. The van der Waals surface area contributed by atoms with Gasteiger partial charge in [0.1, 0.15) is 35.6 Å². The smallest absolute Gasteiger partial charge is 0.349 e. The number of benzene rings is 3. The first kappa shape index (κ1) is 56.5. The van der Waals surface area contributed by atoms with E-state index in [0.717, 1.165) is 133 Å². The number of nitrogens with zero attached hydrogens (tertiary/aromatic N) is 4. The predicted octanol–water partition coefficient (Wildman–Crippen LogP) is 9.32. The number of hydrogen-bond donors (Lipinski definition) is 6. The number of carboxylic acid groups (broad SMARTS) is 1. The second kappa shape index (κ2) is 26.9. The van der Waals surface area contributed by atoms with Crippen LogP contribution in [0.5, 0.6) is 5.75 Å². The third kappa shape index (κ3) is 13.6. The topological polar surface area (TPSA) is 219 Å². The van der Waals surface area contributed by atoms with Gasteiger partial charge in [-0.05, 0) is 93.1 Å². The van der Waals surface area contributed by atoms with Crippen LogP contribution in [-0.4, -0.2) is 121 Å². The minimum absolute atomic E-state index is 0.0136. The van der Waals surface area contributed by atoms with Gasteiger partial charge in [-0.1, -0.05) is 68.8 Å². The Hall–Kier alpha value is -6.40.